The Morgan fingerprint density at radius 1 is 1.18 bits per heavy atom. The van der Waals surface area contributed by atoms with E-state index in [1.807, 2.05) is 0 Å². The van der Waals surface area contributed by atoms with Crippen LogP contribution in [0.25, 0.3) is 0 Å². The van der Waals surface area contributed by atoms with Gasteiger partial charge in [0, 0.05) is 0 Å². The first-order chi connectivity index (χ1) is 5.04. The molecule has 0 unspecified atom stereocenters. The average Bonchev–Trinajstić information content (AvgIpc) is 1.97. The van der Waals surface area contributed by atoms with Crippen LogP contribution in [0.2, 0.25) is 5.02 Å². The maximum Gasteiger partial charge on any atom is 0.174 e. The first-order valence-corrected chi connectivity index (χ1v) is 4.49. The number of halogens is 5. The zero-order valence-electron chi connectivity index (χ0n) is 4.97. The van der Waals surface area contributed by atoms with Gasteiger partial charge in [-0.05, 0) is 37.9 Å². The quantitative estimate of drug-likeness (QED) is 0.499. The predicted molar refractivity (Wildman–Crippen MR) is 46.8 cm³/mol. The van der Waals surface area contributed by atoms with Gasteiger partial charge in [-0.15, -0.1) is 0 Å². The van der Waals surface area contributed by atoms with Crippen molar-refractivity contribution in [3.63, 3.8) is 0 Å². The molecule has 0 spiro atoms. The van der Waals surface area contributed by atoms with Gasteiger partial charge in [-0.3, -0.25) is 0 Å². The standard InChI is InChI=1S/C6HBr2ClF2/c7-4-2(9)1-3(10)6(11)5(4)8/h1H. The second-order valence-corrected chi connectivity index (χ2v) is 3.78. The molecule has 0 heterocycles. The molecule has 1 aromatic carbocycles. The lowest BCUT2D eigenvalue weighted by Crippen LogP contribution is -1.86. The minimum Gasteiger partial charge on any atom is -0.204 e. The molecule has 0 saturated heterocycles. The lowest BCUT2D eigenvalue weighted by atomic mass is 10.3. The summed E-state index contributed by atoms with van der Waals surface area (Å²) in [5.41, 5.74) is 0. The van der Waals surface area contributed by atoms with E-state index >= 15 is 0 Å². The van der Waals surface area contributed by atoms with Gasteiger partial charge in [0.2, 0.25) is 0 Å². The van der Waals surface area contributed by atoms with Gasteiger partial charge in [-0.1, -0.05) is 11.6 Å². The molecule has 60 valence electrons. The molecule has 11 heavy (non-hydrogen) atoms. The van der Waals surface area contributed by atoms with Gasteiger partial charge >= 0.3 is 0 Å². The monoisotopic (exact) mass is 304 g/mol. The highest BCUT2D eigenvalue weighted by atomic mass is 79.9. The molecule has 0 aliphatic heterocycles. The fraction of sp³-hybridized carbons (Fsp3) is 0. The van der Waals surface area contributed by atoms with E-state index in [4.69, 9.17) is 11.6 Å². The van der Waals surface area contributed by atoms with E-state index in [2.05, 4.69) is 31.9 Å². The van der Waals surface area contributed by atoms with Gasteiger partial charge in [0.1, 0.15) is 0 Å². The lowest BCUT2D eigenvalue weighted by Gasteiger charge is -2.00. The Balaban J connectivity index is 3.46. The van der Waals surface area contributed by atoms with Gasteiger partial charge in [-0.25, -0.2) is 8.78 Å². The third-order valence-corrected chi connectivity index (χ3v) is 3.68. The molecule has 0 bridgehead atoms. The third kappa shape index (κ3) is 1.73. The Bertz CT molecular complexity index is 275. The van der Waals surface area contributed by atoms with Crippen LogP contribution in [0.1, 0.15) is 0 Å². The molecule has 0 saturated carbocycles. The summed E-state index contributed by atoms with van der Waals surface area (Å²) in [5, 5.41) is 0.135. The zero-order chi connectivity index (χ0) is 8.59. The van der Waals surface area contributed by atoms with Crippen LogP contribution in [0.3, 0.4) is 0 Å². The number of hydrogen-bond donors (Lipinski definition) is 0. The fourth-order valence-electron chi connectivity index (χ4n) is 0.544. The van der Waals surface area contributed by atoms with Crippen LogP contribution >= 0.6 is 43.5 Å². The van der Waals surface area contributed by atoms with Crippen LogP contribution in [-0.2, 0) is 0 Å². The van der Waals surface area contributed by atoms with Gasteiger partial charge in [0.25, 0.3) is 0 Å². The lowest BCUT2D eigenvalue weighted by molar-refractivity contribution is 0.503. The van der Waals surface area contributed by atoms with E-state index in [9.17, 15) is 8.78 Å². The van der Waals surface area contributed by atoms with Crippen molar-refractivity contribution in [2.24, 2.45) is 0 Å². The highest BCUT2D eigenvalue weighted by Gasteiger charge is 2.12. The van der Waals surface area contributed by atoms with Gasteiger partial charge in [0.15, 0.2) is 11.6 Å². The molecule has 0 radical (unpaired) electrons. The molecular weight excluding hydrogens is 305 g/mol. The van der Waals surface area contributed by atoms with E-state index in [1.165, 1.54) is 0 Å². The first-order valence-electron chi connectivity index (χ1n) is 2.52. The largest absolute Gasteiger partial charge is 0.204 e. The van der Waals surface area contributed by atoms with Crippen molar-refractivity contribution in [2.45, 2.75) is 0 Å². The summed E-state index contributed by atoms with van der Waals surface area (Å²) < 4.78 is 25.5. The van der Waals surface area contributed by atoms with Crippen LogP contribution in [0.15, 0.2) is 15.0 Å². The summed E-state index contributed by atoms with van der Waals surface area (Å²) in [6.45, 7) is 0. The van der Waals surface area contributed by atoms with Crippen LogP contribution in [0, 0.1) is 11.6 Å². The van der Waals surface area contributed by atoms with Crippen molar-refractivity contribution in [2.75, 3.05) is 0 Å². The van der Waals surface area contributed by atoms with E-state index in [0.29, 0.717) is 4.47 Å². The maximum absolute atomic E-state index is 12.7. The van der Waals surface area contributed by atoms with Crippen molar-refractivity contribution < 1.29 is 8.78 Å². The molecular formula is C6HBr2ClF2. The Morgan fingerprint density at radius 2 is 1.73 bits per heavy atom. The smallest absolute Gasteiger partial charge is 0.174 e. The molecule has 0 aliphatic rings. The van der Waals surface area contributed by atoms with Crippen molar-refractivity contribution in [3.8, 4) is 0 Å². The highest BCUT2D eigenvalue weighted by Crippen LogP contribution is 2.33. The molecule has 0 amide bonds. The summed E-state index contributed by atoms with van der Waals surface area (Å²) in [6.07, 6.45) is 0. The molecule has 0 aromatic heterocycles. The summed E-state index contributed by atoms with van der Waals surface area (Å²) in [5.74, 6) is -1.91. The summed E-state index contributed by atoms with van der Waals surface area (Å²) in [7, 11) is 0. The van der Waals surface area contributed by atoms with Crippen molar-refractivity contribution in [3.05, 3.63) is 31.7 Å². The number of hydrogen-bond acceptors (Lipinski definition) is 0. The minimum atomic E-state index is -0.968. The third-order valence-electron chi connectivity index (χ3n) is 1.06. The Labute approximate surface area is 83.8 Å². The summed E-state index contributed by atoms with van der Waals surface area (Å²) in [4.78, 5) is 0. The molecule has 0 atom stereocenters. The Kier molecular flexibility index (Phi) is 2.89. The van der Waals surface area contributed by atoms with E-state index in [0.717, 1.165) is 6.07 Å². The van der Waals surface area contributed by atoms with Crippen molar-refractivity contribution >= 4 is 43.5 Å². The molecule has 5 heteroatoms. The van der Waals surface area contributed by atoms with Crippen molar-refractivity contribution in [1.82, 2.24) is 0 Å². The molecule has 1 rings (SSSR count). The van der Waals surface area contributed by atoms with Crippen molar-refractivity contribution in [1.29, 1.82) is 0 Å². The van der Waals surface area contributed by atoms with Gasteiger partial charge in [-0.2, -0.15) is 0 Å². The van der Waals surface area contributed by atoms with Crippen LogP contribution in [0.5, 0.6) is 0 Å². The van der Waals surface area contributed by atoms with E-state index in [1.54, 1.807) is 0 Å². The second-order valence-electron chi connectivity index (χ2n) is 1.78. The van der Waals surface area contributed by atoms with E-state index < -0.39 is 11.6 Å². The van der Waals surface area contributed by atoms with Crippen LogP contribution < -0.4 is 0 Å². The van der Waals surface area contributed by atoms with E-state index in [-0.39, 0.29) is 9.50 Å². The Hall–Kier alpha value is 0.330. The molecule has 0 N–H and O–H groups in total. The zero-order valence-corrected chi connectivity index (χ0v) is 8.90. The molecule has 0 aliphatic carbocycles. The first kappa shape index (κ1) is 9.42. The molecule has 1 aromatic rings. The number of benzene rings is 1. The van der Waals surface area contributed by atoms with Crippen LogP contribution in [-0.4, -0.2) is 0 Å². The molecule has 0 nitrogen and oxygen atoms in total. The van der Waals surface area contributed by atoms with Crippen LogP contribution in [0.4, 0.5) is 8.78 Å². The van der Waals surface area contributed by atoms with Gasteiger partial charge in [0.05, 0.1) is 14.0 Å². The minimum absolute atomic E-state index is 0.00231. The molecule has 0 fully saturated rings. The summed E-state index contributed by atoms with van der Waals surface area (Å²) in [6, 6.07) is 0.908. The number of rotatable bonds is 0. The van der Waals surface area contributed by atoms with Gasteiger partial charge < -0.3 is 0 Å². The second kappa shape index (κ2) is 3.37. The topological polar surface area (TPSA) is 0 Å². The normalized spacial score (nSPS) is 10.3. The highest BCUT2D eigenvalue weighted by molar-refractivity contribution is 9.13. The average molecular weight is 306 g/mol. The summed E-state index contributed by atoms with van der Waals surface area (Å²) >= 11 is 11.3. The fourth-order valence-corrected chi connectivity index (χ4v) is 1.54. The SMILES string of the molecule is Fc1cc(Cl)c(Br)c(Br)c1F. The maximum atomic E-state index is 12.7. The Morgan fingerprint density at radius 3 is 2.27 bits per heavy atom. The predicted octanol–water partition coefficient (Wildman–Crippen LogP) is 4.14.